The maximum absolute atomic E-state index is 13.0. The maximum Gasteiger partial charge on any atom is 0.338 e. The van der Waals surface area contributed by atoms with Crippen LogP contribution in [0.15, 0.2) is 35.5 Å². The summed E-state index contributed by atoms with van der Waals surface area (Å²) < 4.78 is 5.57. The lowest BCUT2D eigenvalue weighted by Gasteiger charge is -2.56. The Labute approximate surface area is 219 Å². The molecule has 2 amide bonds. The first-order chi connectivity index (χ1) is 17.1. The summed E-state index contributed by atoms with van der Waals surface area (Å²) >= 11 is 5.50. The lowest BCUT2D eigenvalue weighted by atomic mass is 9.53. The molecule has 1 aromatic carbocycles. The minimum atomic E-state index is -0.414. The number of amides is 2. The number of carbonyl (C=O) groups is 2. The first-order valence-corrected chi connectivity index (χ1v) is 13.6. The number of ether oxygens (including phenoxy) is 1. The summed E-state index contributed by atoms with van der Waals surface area (Å²) in [6.45, 7) is 6.27. The number of benzene rings is 1. The highest BCUT2D eigenvalue weighted by atomic mass is 32.1. The standard InChI is InChI=1S/C28H38N4O3S/c1-16(2)15-35-25(33)23-17(3)32(4)27(36)30-24(23)21-5-7-22(8-6-21)29-26(34)31-28-12-18-9-19(13-28)11-20(10-18)14-28/h5-8,16,18-20,24H,9-15H2,1-4H3,(H,30,36)(H2,29,31,34). The van der Waals surface area contributed by atoms with Gasteiger partial charge in [-0.05, 0) is 99.0 Å². The highest BCUT2D eigenvalue weighted by Gasteiger charge is 2.51. The second-order valence-corrected chi connectivity index (χ2v) is 12.2. The Morgan fingerprint density at radius 3 is 2.25 bits per heavy atom. The highest BCUT2D eigenvalue weighted by molar-refractivity contribution is 7.80. The fraction of sp³-hybridized carbons (Fsp3) is 0.607. The molecule has 7 nitrogen and oxygen atoms in total. The third kappa shape index (κ3) is 4.97. The third-order valence-electron chi connectivity index (χ3n) is 8.44. The fourth-order valence-electron chi connectivity index (χ4n) is 7.10. The molecule has 1 heterocycles. The van der Waals surface area contributed by atoms with Crippen molar-refractivity contribution < 1.29 is 14.3 Å². The summed E-state index contributed by atoms with van der Waals surface area (Å²) in [6.07, 6.45) is 7.40. The van der Waals surface area contributed by atoms with Crippen molar-refractivity contribution in [3.05, 3.63) is 41.1 Å². The Hall–Kier alpha value is -2.61. The third-order valence-corrected chi connectivity index (χ3v) is 8.83. The smallest absolute Gasteiger partial charge is 0.338 e. The van der Waals surface area contributed by atoms with E-state index in [9.17, 15) is 9.59 Å². The van der Waals surface area contributed by atoms with Crippen LogP contribution in [0.5, 0.6) is 0 Å². The molecule has 1 aromatic rings. The van der Waals surface area contributed by atoms with Crippen LogP contribution in [0.25, 0.3) is 0 Å². The molecular formula is C28H38N4O3S. The summed E-state index contributed by atoms with van der Waals surface area (Å²) in [5, 5.41) is 10.2. The van der Waals surface area contributed by atoms with Gasteiger partial charge in [-0.2, -0.15) is 0 Å². The van der Waals surface area contributed by atoms with E-state index >= 15 is 0 Å². The van der Waals surface area contributed by atoms with Crippen molar-refractivity contribution in [1.29, 1.82) is 0 Å². The van der Waals surface area contributed by atoms with Crippen LogP contribution in [-0.2, 0) is 9.53 Å². The van der Waals surface area contributed by atoms with Gasteiger partial charge in [-0.25, -0.2) is 9.59 Å². The van der Waals surface area contributed by atoms with E-state index in [1.807, 2.05) is 52.1 Å². The molecule has 0 radical (unpaired) electrons. The van der Waals surface area contributed by atoms with Gasteiger partial charge in [-0.1, -0.05) is 26.0 Å². The lowest BCUT2D eigenvalue weighted by molar-refractivity contribution is -0.140. The Morgan fingerprint density at radius 2 is 1.69 bits per heavy atom. The van der Waals surface area contributed by atoms with E-state index in [-0.39, 0.29) is 23.5 Å². The van der Waals surface area contributed by atoms with Gasteiger partial charge in [-0.15, -0.1) is 0 Å². The van der Waals surface area contributed by atoms with Crippen molar-refractivity contribution in [3.63, 3.8) is 0 Å². The SMILES string of the molecule is CC1=C(C(=O)OCC(C)C)C(c2ccc(NC(=O)NC34CC5CC(CC(C5)C3)C4)cc2)NC(=S)N1C. The van der Waals surface area contributed by atoms with Crippen molar-refractivity contribution >= 4 is 35.0 Å². The highest BCUT2D eigenvalue weighted by Crippen LogP contribution is 2.55. The van der Waals surface area contributed by atoms with Gasteiger partial charge in [0.2, 0.25) is 0 Å². The molecule has 5 aliphatic rings. The average Bonchev–Trinajstić information content (AvgIpc) is 2.80. The van der Waals surface area contributed by atoms with E-state index in [1.165, 1.54) is 19.3 Å². The number of hydrogen-bond donors (Lipinski definition) is 3. The van der Waals surface area contributed by atoms with E-state index in [2.05, 4.69) is 16.0 Å². The molecule has 4 bridgehead atoms. The van der Waals surface area contributed by atoms with Gasteiger partial charge in [0.25, 0.3) is 0 Å². The normalized spacial score (nSPS) is 30.9. The Morgan fingerprint density at radius 1 is 1.11 bits per heavy atom. The van der Waals surface area contributed by atoms with Crippen LogP contribution in [0.2, 0.25) is 0 Å². The van der Waals surface area contributed by atoms with Crippen LogP contribution in [0.1, 0.15) is 70.9 Å². The predicted molar refractivity (Wildman–Crippen MR) is 144 cm³/mol. The summed E-state index contributed by atoms with van der Waals surface area (Å²) in [7, 11) is 1.84. The van der Waals surface area contributed by atoms with E-state index in [1.54, 1.807) is 4.90 Å². The summed E-state index contributed by atoms with van der Waals surface area (Å²) in [5.74, 6) is 2.24. The monoisotopic (exact) mass is 510 g/mol. The molecule has 0 aromatic heterocycles. The predicted octanol–water partition coefficient (Wildman–Crippen LogP) is 5.11. The minimum absolute atomic E-state index is 0.0277. The zero-order valence-corrected chi connectivity index (χ0v) is 22.5. The fourth-order valence-corrected chi connectivity index (χ4v) is 7.35. The van der Waals surface area contributed by atoms with Crippen molar-refractivity contribution in [2.45, 2.75) is 70.9 Å². The number of esters is 1. The molecule has 8 heteroatoms. The van der Waals surface area contributed by atoms with E-state index < -0.39 is 6.04 Å². The number of nitrogens with one attached hydrogen (secondary N) is 3. The first kappa shape index (κ1) is 25.1. The maximum atomic E-state index is 13.0. The molecule has 0 spiro atoms. The second kappa shape index (κ2) is 9.69. The van der Waals surface area contributed by atoms with Gasteiger partial charge in [0.1, 0.15) is 0 Å². The van der Waals surface area contributed by atoms with Crippen LogP contribution in [0.4, 0.5) is 10.5 Å². The van der Waals surface area contributed by atoms with Crippen molar-refractivity contribution in [3.8, 4) is 0 Å². The van der Waals surface area contributed by atoms with E-state index in [0.717, 1.165) is 54.0 Å². The number of carbonyl (C=O) groups excluding carboxylic acids is 2. The van der Waals surface area contributed by atoms with Crippen LogP contribution >= 0.6 is 12.2 Å². The van der Waals surface area contributed by atoms with Crippen LogP contribution in [0, 0.1) is 23.7 Å². The van der Waals surface area contributed by atoms with Crippen LogP contribution < -0.4 is 16.0 Å². The summed E-state index contributed by atoms with van der Waals surface area (Å²) in [4.78, 5) is 27.8. The molecule has 1 atom stereocenters. The van der Waals surface area contributed by atoms with Gasteiger partial charge >= 0.3 is 12.0 Å². The van der Waals surface area contributed by atoms with Gasteiger partial charge < -0.3 is 25.6 Å². The molecule has 0 saturated heterocycles. The van der Waals surface area contributed by atoms with Crippen LogP contribution in [0.3, 0.4) is 0 Å². The molecule has 3 N–H and O–H groups in total. The number of thiocarbonyl (C=S) groups is 1. The number of nitrogens with zero attached hydrogens (tertiary/aromatic N) is 1. The van der Waals surface area contributed by atoms with Gasteiger partial charge in [0, 0.05) is 24.0 Å². The van der Waals surface area contributed by atoms with Crippen LogP contribution in [-0.4, -0.2) is 41.2 Å². The Balaban J connectivity index is 1.27. The van der Waals surface area contributed by atoms with Gasteiger partial charge in [0.05, 0.1) is 18.2 Å². The summed E-state index contributed by atoms with van der Waals surface area (Å²) in [5.41, 5.74) is 2.90. The molecular weight excluding hydrogens is 472 g/mol. The first-order valence-electron chi connectivity index (χ1n) is 13.2. The van der Waals surface area contributed by atoms with Crippen molar-refractivity contribution in [2.75, 3.05) is 19.0 Å². The molecule has 1 unspecified atom stereocenters. The quantitative estimate of drug-likeness (QED) is 0.364. The zero-order chi connectivity index (χ0) is 25.6. The molecule has 1 aliphatic heterocycles. The second-order valence-electron chi connectivity index (χ2n) is 11.8. The molecule has 194 valence electrons. The van der Waals surface area contributed by atoms with Gasteiger partial charge in [-0.3, -0.25) is 0 Å². The largest absolute Gasteiger partial charge is 0.462 e. The molecule has 4 aliphatic carbocycles. The Kier molecular flexibility index (Phi) is 6.74. The number of anilines is 1. The molecule has 6 rings (SSSR count). The van der Waals surface area contributed by atoms with Crippen molar-refractivity contribution in [1.82, 2.24) is 15.5 Å². The number of hydrogen-bond acceptors (Lipinski definition) is 4. The molecule has 4 saturated carbocycles. The Bertz CT molecular complexity index is 1050. The summed E-state index contributed by atoms with van der Waals surface area (Å²) in [6, 6.07) is 7.07. The zero-order valence-electron chi connectivity index (χ0n) is 21.7. The van der Waals surface area contributed by atoms with Crippen molar-refractivity contribution in [2.24, 2.45) is 23.7 Å². The lowest BCUT2D eigenvalue weighted by Crippen LogP contribution is -2.60. The topological polar surface area (TPSA) is 82.7 Å². The average molecular weight is 511 g/mol. The number of allylic oxidation sites excluding steroid dienone is 1. The molecule has 36 heavy (non-hydrogen) atoms. The number of urea groups is 1. The van der Waals surface area contributed by atoms with E-state index in [4.69, 9.17) is 17.0 Å². The number of rotatable bonds is 6. The molecule has 4 fully saturated rings. The van der Waals surface area contributed by atoms with E-state index in [0.29, 0.717) is 17.3 Å². The van der Waals surface area contributed by atoms with Gasteiger partial charge in [0.15, 0.2) is 5.11 Å². The minimum Gasteiger partial charge on any atom is -0.462 e.